The van der Waals surface area contributed by atoms with Gasteiger partial charge in [-0.25, -0.2) is 4.98 Å². The number of thiazole rings is 1. The highest BCUT2D eigenvalue weighted by atomic mass is 32.1. The molecule has 0 aliphatic carbocycles. The number of nitrogens with one attached hydrogen (secondary N) is 1. The van der Waals surface area contributed by atoms with Crippen molar-refractivity contribution >= 4 is 17.3 Å². The molecule has 5 heteroatoms. The van der Waals surface area contributed by atoms with Crippen LogP contribution in [0.3, 0.4) is 0 Å². The first kappa shape index (κ1) is 11.1. The van der Waals surface area contributed by atoms with Crippen LogP contribution in [-0.4, -0.2) is 29.1 Å². The average molecular weight is 214 g/mol. The largest absolute Gasteiger partial charge is 0.481 e. The van der Waals surface area contributed by atoms with Crippen molar-refractivity contribution in [3.63, 3.8) is 0 Å². The van der Waals surface area contributed by atoms with Crippen LogP contribution in [0.25, 0.3) is 0 Å². The van der Waals surface area contributed by atoms with E-state index < -0.39 is 5.97 Å². The van der Waals surface area contributed by atoms with E-state index in [-0.39, 0.29) is 6.42 Å². The first-order valence-corrected chi connectivity index (χ1v) is 5.39. The van der Waals surface area contributed by atoms with Crippen LogP contribution in [-0.2, 0) is 11.2 Å². The predicted molar refractivity (Wildman–Crippen MR) is 55.7 cm³/mol. The van der Waals surface area contributed by atoms with Crippen LogP contribution in [0.5, 0.6) is 0 Å². The van der Waals surface area contributed by atoms with Gasteiger partial charge in [0.1, 0.15) is 0 Å². The maximum Gasteiger partial charge on any atom is 0.304 e. The molecule has 0 fully saturated rings. The van der Waals surface area contributed by atoms with E-state index in [1.807, 2.05) is 12.4 Å². The number of carboxylic acids is 1. The Kier molecular flexibility index (Phi) is 4.55. The summed E-state index contributed by atoms with van der Waals surface area (Å²) in [5, 5.41) is 11.5. The van der Waals surface area contributed by atoms with Crippen LogP contribution in [0.2, 0.25) is 0 Å². The molecule has 1 rings (SSSR count). The van der Waals surface area contributed by atoms with Crippen molar-refractivity contribution in [1.29, 1.82) is 0 Å². The maximum absolute atomic E-state index is 10.2. The second-order valence-electron chi connectivity index (χ2n) is 3.00. The Morgan fingerprint density at radius 1 is 1.64 bits per heavy atom. The topological polar surface area (TPSA) is 62.2 Å². The monoisotopic (exact) mass is 214 g/mol. The summed E-state index contributed by atoms with van der Waals surface area (Å²) >= 11 is 1.65. The van der Waals surface area contributed by atoms with E-state index in [1.165, 1.54) is 4.88 Å². The summed E-state index contributed by atoms with van der Waals surface area (Å²) < 4.78 is 0. The van der Waals surface area contributed by atoms with E-state index in [4.69, 9.17) is 5.11 Å². The molecule has 0 bridgehead atoms. The molecule has 2 N–H and O–H groups in total. The highest BCUT2D eigenvalue weighted by Gasteiger charge is 2.00. The molecule has 0 spiro atoms. The summed E-state index contributed by atoms with van der Waals surface area (Å²) in [6, 6.07) is 0. The first-order valence-electron chi connectivity index (χ1n) is 4.51. The number of nitrogens with zero attached hydrogens (tertiary/aromatic N) is 1. The number of aryl methyl sites for hydroxylation is 1. The van der Waals surface area contributed by atoms with Crippen molar-refractivity contribution in [3.05, 3.63) is 16.1 Å². The molecule has 1 aromatic heterocycles. The van der Waals surface area contributed by atoms with E-state index in [0.29, 0.717) is 6.54 Å². The molecule has 0 radical (unpaired) electrons. The summed E-state index contributed by atoms with van der Waals surface area (Å²) in [5.41, 5.74) is 2.91. The van der Waals surface area contributed by atoms with Gasteiger partial charge in [-0.15, -0.1) is 11.3 Å². The smallest absolute Gasteiger partial charge is 0.304 e. The minimum atomic E-state index is -0.758. The van der Waals surface area contributed by atoms with Crippen molar-refractivity contribution in [1.82, 2.24) is 10.3 Å². The second-order valence-corrected chi connectivity index (χ2v) is 3.94. The Labute approximate surface area is 87.0 Å². The van der Waals surface area contributed by atoms with Gasteiger partial charge in [-0.05, 0) is 13.3 Å². The van der Waals surface area contributed by atoms with Crippen molar-refractivity contribution in [2.75, 3.05) is 13.1 Å². The summed E-state index contributed by atoms with van der Waals surface area (Å²) in [4.78, 5) is 15.6. The van der Waals surface area contributed by atoms with Crippen LogP contribution in [0.4, 0.5) is 0 Å². The Hall–Kier alpha value is -0.940. The third-order valence-electron chi connectivity index (χ3n) is 1.89. The van der Waals surface area contributed by atoms with Gasteiger partial charge in [0.15, 0.2) is 0 Å². The normalized spacial score (nSPS) is 10.4. The third kappa shape index (κ3) is 3.85. The van der Waals surface area contributed by atoms with Crippen molar-refractivity contribution in [2.45, 2.75) is 19.8 Å². The molecule has 0 atom stereocenters. The van der Waals surface area contributed by atoms with E-state index in [1.54, 1.807) is 11.3 Å². The molecule has 0 aliphatic heterocycles. The molecular formula is C9H14N2O2S. The summed E-state index contributed by atoms with van der Waals surface area (Å²) in [6.07, 6.45) is 1.11. The molecule has 4 nitrogen and oxygen atoms in total. The molecule has 1 aromatic rings. The lowest BCUT2D eigenvalue weighted by atomic mass is 10.3. The molecule has 0 aliphatic rings. The zero-order valence-corrected chi connectivity index (χ0v) is 8.93. The minimum Gasteiger partial charge on any atom is -0.481 e. The summed E-state index contributed by atoms with van der Waals surface area (Å²) in [7, 11) is 0. The van der Waals surface area contributed by atoms with Crippen molar-refractivity contribution in [3.8, 4) is 0 Å². The number of aliphatic carboxylic acids is 1. The Balaban J connectivity index is 2.10. The van der Waals surface area contributed by atoms with E-state index in [0.717, 1.165) is 18.7 Å². The van der Waals surface area contributed by atoms with Crippen LogP contribution in [0.15, 0.2) is 5.51 Å². The van der Waals surface area contributed by atoms with Gasteiger partial charge in [-0.2, -0.15) is 0 Å². The fourth-order valence-electron chi connectivity index (χ4n) is 1.09. The molecule has 0 saturated heterocycles. The number of hydrogen-bond acceptors (Lipinski definition) is 4. The van der Waals surface area contributed by atoms with Crippen molar-refractivity contribution < 1.29 is 9.90 Å². The Morgan fingerprint density at radius 2 is 2.43 bits per heavy atom. The lowest BCUT2D eigenvalue weighted by molar-refractivity contribution is -0.136. The molecule has 0 aromatic carbocycles. The standard InChI is InChI=1S/C9H14N2O2S/c1-7-8(14-6-11-7)2-4-10-5-3-9(12)13/h6,10H,2-5H2,1H3,(H,12,13). The maximum atomic E-state index is 10.2. The number of hydrogen-bond donors (Lipinski definition) is 2. The molecule has 0 saturated carbocycles. The predicted octanol–water partition coefficient (Wildman–Crippen LogP) is 1.06. The zero-order valence-electron chi connectivity index (χ0n) is 8.12. The van der Waals surface area contributed by atoms with Crippen LogP contribution < -0.4 is 5.32 Å². The fourth-order valence-corrected chi connectivity index (χ4v) is 1.87. The number of rotatable bonds is 6. The van der Waals surface area contributed by atoms with E-state index in [2.05, 4.69) is 10.3 Å². The molecule has 0 unspecified atom stereocenters. The van der Waals surface area contributed by atoms with Crippen molar-refractivity contribution in [2.24, 2.45) is 0 Å². The van der Waals surface area contributed by atoms with Gasteiger partial charge in [0.25, 0.3) is 0 Å². The lowest BCUT2D eigenvalue weighted by Crippen LogP contribution is -2.20. The quantitative estimate of drug-likeness (QED) is 0.695. The van der Waals surface area contributed by atoms with Crippen LogP contribution in [0, 0.1) is 6.92 Å². The Morgan fingerprint density at radius 3 is 3.00 bits per heavy atom. The summed E-state index contributed by atoms with van der Waals surface area (Å²) in [5.74, 6) is -0.758. The first-order chi connectivity index (χ1) is 6.70. The van der Waals surface area contributed by atoms with Gasteiger partial charge in [-0.1, -0.05) is 0 Å². The molecular weight excluding hydrogens is 200 g/mol. The number of aromatic nitrogens is 1. The highest BCUT2D eigenvalue weighted by Crippen LogP contribution is 2.11. The second kappa shape index (κ2) is 5.72. The zero-order chi connectivity index (χ0) is 10.4. The van der Waals surface area contributed by atoms with Gasteiger partial charge in [0.2, 0.25) is 0 Å². The van der Waals surface area contributed by atoms with E-state index in [9.17, 15) is 4.79 Å². The average Bonchev–Trinajstić information content (AvgIpc) is 2.51. The highest BCUT2D eigenvalue weighted by molar-refractivity contribution is 7.09. The SMILES string of the molecule is Cc1ncsc1CCNCCC(=O)O. The lowest BCUT2D eigenvalue weighted by Gasteiger charge is -2.01. The van der Waals surface area contributed by atoms with Gasteiger partial charge in [-0.3, -0.25) is 4.79 Å². The fraction of sp³-hybridized carbons (Fsp3) is 0.556. The molecule has 14 heavy (non-hydrogen) atoms. The third-order valence-corrected chi connectivity index (χ3v) is 2.88. The molecule has 1 heterocycles. The number of carboxylic acid groups (broad SMARTS) is 1. The molecule has 78 valence electrons. The summed E-state index contributed by atoms with van der Waals surface area (Å²) in [6.45, 7) is 3.34. The molecule has 0 amide bonds. The van der Waals surface area contributed by atoms with Gasteiger partial charge in [0.05, 0.1) is 17.6 Å². The van der Waals surface area contributed by atoms with Crippen LogP contribution in [0.1, 0.15) is 17.0 Å². The van der Waals surface area contributed by atoms with Crippen LogP contribution >= 0.6 is 11.3 Å². The van der Waals surface area contributed by atoms with E-state index >= 15 is 0 Å². The number of carbonyl (C=O) groups is 1. The van der Waals surface area contributed by atoms with Gasteiger partial charge in [0, 0.05) is 18.0 Å². The van der Waals surface area contributed by atoms with Gasteiger partial charge >= 0.3 is 5.97 Å². The minimum absolute atomic E-state index is 0.182. The van der Waals surface area contributed by atoms with Gasteiger partial charge < -0.3 is 10.4 Å². The Bertz CT molecular complexity index is 299.